The van der Waals surface area contributed by atoms with Crippen molar-refractivity contribution in [3.63, 3.8) is 0 Å². The van der Waals surface area contributed by atoms with Crippen LogP contribution in [0.15, 0.2) is 60.0 Å². The molecule has 0 amide bonds. The maximum absolute atomic E-state index is 13.6. The Bertz CT molecular complexity index is 938. The van der Waals surface area contributed by atoms with Crippen molar-refractivity contribution in [2.45, 2.75) is 19.4 Å². The van der Waals surface area contributed by atoms with Crippen LogP contribution in [0.2, 0.25) is 0 Å². The van der Waals surface area contributed by atoms with Crippen LogP contribution in [0.5, 0.6) is 5.75 Å². The third kappa shape index (κ3) is 5.18. The Morgan fingerprint density at radius 1 is 1.00 bits per heavy atom. The van der Waals surface area contributed by atoms with Gasteiger partial charge in [0.1, 0.15) is 23.5 Å². The monoisotopic (exact) mass is 428 g/mol. The summed E-state index contributed by atoms with van der Waals surface area (Å²) in [6.07, 6.45) is 0.818. The standard InChI is InChI=1S/C24H26F2N2OS/c1-18-17-21(8-9-22(18)26)29-23(24-3-2-16-30-24)10-11-27-12-14-28(15-13-27)20-6-4-19(25)5-7-20/h2-9,16-17,23H,10-15H2,1H3. The molecule has 0 radical (unpaired) electrons. The number of anilines is 1. The van der Waals surface area contributed by atoms with Gasteiger partial charge >= 0.3 is 0 Å². The summed E-state index contributed by atoms with van der Waals surface area (Å²) in [5, 5.41) is 2.06. The molecule has 1 atom stereocenters. The van der Waals surface area contributed by atoms with Gasteiger partial charge in [-0.15, -0.1) is 11.3 Å². The first-order valence-electron chi connectivity index (χ1n) is 10.3. The van der Waals surface area contributed by atoms with E-state index in [4.69, 9.17) is 4.74 Å². The average molecular weight is 429 g/mol. The molecular weight excluding hydrogens is 402 g/mol. The van der Waals surface area contributed by atoms with Crippen LogP contribution < -0.4 is 9.64 Å². The average Bonchev–Trinajstić information content (AvgIpc) is 3.29. The lowest BCUT2D eigenvalue weighted by Gasteiger charge is -2.36. The number of piperazine rings is 1. The highest BCUT2D eigenvalue weighted by atomic mass is 32.1. The van der Waals surface area contributed by atoms with Crippen molar-refractivity contribution in [3.05, 3.63) is 82.1 Å². The van der Waals surface area contributed by atoms with E-state index in [2.05, 4.69) is 21.2 Å². The Morgan fingerprint density at radius 2 is 1.77 bits per heavy atom. The quantitative estimate of drug-likeness (QED) is 0.482. The van der Waals surface area contributed by atoms with Crippen LogP contribution in [0.25, 0.3) is 0 Å². The zero-order valence-corrected chi connectivity index (χ0v) is 17.9. The van der Waals surface area contributed by atoms with Gasteiger partial charge in [-0.2, -0.15) is 0 Å². The molecule has 1 aromatic heterocycles. The lowest BCUT2D eigenvalue weighted by atomic mass is 10.1. The molecule has 2 heterocycles. The lowest BCUT2D eigenvalue weighted by molar-refractivity contribution is 0.162. The summed E-state index contributed by atoms with van der Waals surface area (Å²) in [6, 6.07) is 15.8. The second-order valence-electron chi connectivity index (χ2n) is 7.63. The van der Waals surface area contributed by atoms with Gasteiger partial charge in [0, 0.05) is 49.7 Å². The van der Waals surface area contributed by atoms with Crippen LogP contribution >= 0.6 is 11.3 Å². The van der Waals surface area contributed by atoms with E-state index in [9.17, 15) is 8.78 Å². The van der Waals surface area contributed by atoms with Gasteiger partial charge in [-0.1, -0.05) is 6.07 Å². The molecule has 30 heavy (non-hydrogen) atoms. The molecule has 0 aliphatic carbocycles. The minimum absolute atomic E-state index is 0.0509. The Hall–Kier alpha value is -2.44. The molecule has 0 N–H and O–H groups in total. The number of halogens is 2. The molecule has 1 unspecified atom stereocenters. The minimum Gasteiger partial charge on any atom is -0.485 e. The van der Waals surface area contributed by atoms with Gasteiger partial charge in [0.15, 0.2) is 0 Å². The van der Waals surface area contributed by atoms with Gasteiger partial charge in [0.05, 0.1) is 0 Å². The molecule has 1 saturated heterocycles. The first-order valence-corrected chi connectivity index (χ1v) is 11.2. The fourth-order valence-electron chi connectivity index (χ4n) is 3.77. The van der Waals surface area contributed by atoms with Crippen LogP contribution in [-0.2, 0) is 0 Å². The molecule has 2 aromatic carbocycles. The second kappa shape index (κ2) is 9.58. The predicted octanol–water partition coefficient (Wildman–Crippen LogP) is 5.67. The summed E-state index contributed by atoms with van der Waals surface area (Å²) in [7, 11) is 0. The number of hydrogen-bond donors (Lipinski definition) is 0. The SMILES string of the molecule is Cc1cc(OC(CCN2CCN(c3ccc(F)cc3)CC2)c2cccs2)ccc1F. The summed E-state index contributed by atoms with van der Waals surface area (Å²) in [5.41, 5.74) is 1.66. The van der Waals surface area contributed by atoms with Crippen LogP contribution in [-0.4, -0.2) is 37.6 Å². The van der Waals surface area contributed by atoms with E-state index in [0.717, 1.165) is 44.8 Å². The molecule has 1 fully saturated rings. The van der Waals surface area contributed by atoms with Crippen molar-refractivity contribution in [2.24, 2.45) is 0 Å². The van der Waals surface area contributed by atoms with Crippen molar-refractivity contribution in [1.82, 2.24) is 4.90 Å². The van der Waals surface area contributed by atoms with Crippen molar-refractivity contribution >= 4 is 17.0 Å². The van der Waals surface area contributed by atoms with Crippen LogP contribution in [0.1, 0.15) is 23.0 Å². The van der Waals surface area contributed by atoms with E-state index in [1.807, 2.05) is 18.2 Å². The molecule has 158 valence electrons. The number of hydrogen-bond acceptors (Lipinski definition) is 4. The third-order valence-electron chi connectivity index (χ3n) is 5.54. The first-order chi connectivity index (χ1) is 14.6. The number of thiophene rings is 1. The molecule has 1 aliphatic rings. The Morgan fingerprint density at radius 3 is 2.43 bits per heavy atom. The molecule has 6 heteroatoms. The number of ether oxygens (including phenoxy) is 1. The number of aryl methyl sites for hydroxylation is 1. The molecule has 4 rings (SSSR count). The molecule has 1 aliphatic heterocycles. The summed E-state index contributed by atoms with van der Waals surface area (Å²) in [5.74, 6) is 0.288. The van der Waals surface area contributed by atoms with Crippen LogP contribution in [0.3, 0.4) is 0 Å². The topological polar surface area (TPSA) is 15.7 Å². The van der Waals surface area contributed by atoms with Gasteiger partial charge in [-0.3, -0.25) is 4.90 Å². The van der Waals surface area contributed by atoms with E-state index in [-0.39, 0.29) is 17.7 Å². The van der Waals surface area contributed by atoms with Crippen LogP contribution in [0, 0.1) is 18.6 Å². The van der Waals surface area contributed by atoms with E-state index in [0.29, 0.717) is 11.3 Å². The van der Waals surface area contributed by atoms with E-state index in [1.54, 1.807) is 30.4 Å². The molecule has 3 nitrogen and oxygen atoms in total. The van der Waals surface area contributed by atoms with Gasteiger partial charge < -0.3 is 9.64 Å². The van der Waals surface area contributed by atoms with Crippen molar-refractivity contribution in [3.8, 4) is 5.75 Å². The van der Waals surface area contributed by atoms with Gasteiger partial charge in [-0.25, -0.2) is 8.78 Å². The minimum atomic E-state index is -0.214. The maximum atomic E-state index is 13.6. The van der Waals surface area contributed by atoms with Crippen molar-refractivity contribution in [1.29, 1.82) is 0 Å². The predicted molar refractivity (Wildman–Crippen MR) is 118 cm³/mol. The van der Waals surface area contributed by atoms with E-state index >= 15 is 0 Å². The normalized spacial score (nSPS) is 15.9. The number of rotatable bonds is 7. The Kier molecular flexibility index (Phi) is 6.65. The van der Waals surface area contributed by atoms with Crippen molar-refractivity contribution in [2.75, 3.05) is 37.6 Å². The lowest BCUT2D eigenvalue weighted by Crippen LogP contribution is -2.46. The van der Waals surface area contributed by atoms with Gasteiger partial charge in [0.25, 0.3) is 0 Å². The summed E-state index contributed by atoms with van der Waals surface area (Å²) in [6.45, 7) is 6.46. The van der Waals surface area contributed by atoms with Gasteiger partial charge in [0.2, 0.25) is 0 Å². The van der Waals surface area contributed by atoms with E-state index in [1.165, 1.54) is 23.1 Å². The maximum Gasteiger partial charge on any atom is 0.134 e. The highest BCUT2D eigenvalue weighted by Crippen LogP contribution is 2.29. The first kappa shape index (κ1) is 20.8. The molecular formula is C24H26F2N2OS. The highest BCUT2D eigenvalue weighted by Gasteiger charge is 2.21. The fraction of sp³-hybridized carbons (Fsp3) is 0.333. The molecule has 0 bridgehead atoms. The van der Waals surface area contributed by atoms with E-state index < -0.39 is 0 Å². The summed E-state index contributed by atoms with van der Waals surface area (Å²) in [4.78, 5) is 5.92. The Balaban J connectivity index is 1.34. The summed E-state index contributed by atoms with van der Waals surface area (Å²) < 4.78 is 33.0. The van der Waals surface area contributed by atoms with Gasteiger partial charge in [-0.05, 0) is 66.4 Å². The van der Waals surface area contributed by atoms with Crippen LogP contribution in [0.4, 0.5) is 14.5 Å². The highest BCUT2D eigenvalue weighted by molar-refractivity contribution is 7.10. The number of nitrogens with zero attached hydrogens (tertiary/aromatic N) is 2. The third-order valence-corrected chi connectivity index (χ3v) is 6.50. The zero-order valence-electron chi connectivity index (χ0n) is 17.1. The zero-order chi connectivity index (χ0) is 20.9. The summed E-state index contributed by atoms with van der Waals surface area (Å²) >= 11 is 1.69. The molecule has 0 saturated carbocycles. The fourth-order valence-corrected chi connectivity index (χ4v) is 4.56. The van der Waals surface area contributed by atoms with Crippen molar-refractivity contribution < 1.29 is 13.5 Å². The largest absolute Gasteiger partial charge is 0.485 e. The molecule has 0 spiro atoms. The smallest absolute Gasteiger partial charge is 0.134 e. The Labute approximate surface area is 180 Å². The molecule has 3 aromatic rings. The number of benzene rings is 2. The second-order valence-corrected chi connectivity index (χ2v) is 8.61.